The summed E-state index contributed by atoms with van der Waals surface area (Å²) in [6, 6.07) is 0. The first-order valence-electron chi connectivity index (χ1n) is 10.3. The van der Waals surface area contributed by atoms with E-state index in [4.69, 9.17) is 0 Å². The van der Waals surface area contributed by atoms with Gasteiger partial charge in [0, 0.05) is 32.3 Å². The molecule has 6 nitrogen and oxygen atoms in total. The quantitative estimate of drug-likeness (QED) is 0.815. The molecule has 2 saturated carbocycles. The van der Waals surface area contributed by atoms with Crippen molar-refractivity contribution in [1.29, 1.82) is 0 Å². The van der Waals surface area contributed by atoms with Gasteiger partial charge in [0.2, 0.25) is 5.91 Å². The fourth-order valence-corrected chi connectivity index (χ4v) is 4.24. The van der Waals surface area contributed by atoms with E-state index in [0.29, 0.717) is 24.7 Å². The van der Waals surface area contributed by atoms with Crippen molar-refractivity contribution in [1.82, 2.24) is 19.8 Å². The zero-order valence-electron chi connectivity index (χ0n) is 15.6. The number of imidazole rings is 1. The predicted octanol–water partition coefficient (Wildman–Crippen LogP) is 2.73. The van der Waals surface area contributed by atoms with Crippen LogP contribution in [-0.4, -0.2) is 39.4 Å². The highest BCUT2D eigenvalue weighted by Crippen LogP contribution is 2.30. The Morgan fingerprint density at radius 2 is 1.92 bits per heavy atom. The number of nitrogens with one attached hydrogen (secondary N) is 1. The minimum atomic E-state index is 0.0398. The van der Waals surface area contributed by atoms with E-state index in [9.17, 15) is 9.59 Å². The highest BCUT2D eigenvalue weighted by molar-refractivity contribution is 5.91. The minimum Gasteiger partial charge on any atom is -0.350 e. The van der Waals surface area contributed by atoms with E-state index >= 15 is 0 Å². The van der Waals surface area contributed by atoms with Gasteiger partial charge in [-0.3, -0.25) is 9.59 Å². The van der Waals surface area contributed by atoms with Gasteiger partial charge in [-0.1, -0.05) is 32.1 Å². The molecule has 2 amide bonds. The number of carbonyl (C=O) groups is 2. The van der Waals surface area contributed by atoms with Gasteiger partial charge in [-0.25, -0.2) is 4.98 Å². The van der Waals surface area contributed by atoms with Crippen molar-refractivity contribution in [2.24, 2.45) is 11.8 Å². The van der Waals surface area contributed by atoms with E-state index in [1.54, 1.807) is 0 Å². The van der Waals surface area contributed by atoms with Gasteiger partial charge in [0.15, 0.2) is 5.82 Å². The molecule has 1 aliphatic heterocycles. The molecule has 1 aromatic rings. The molecule has 0 spiro atoms. The first-order chi connectivity index (χ1) is 12.7. The molecule has 1 aromatic heterocycles. The fourth-order valence-electron chi connectivity index (χ4n) is 4.24. The third-order valence-electron chi connectivity index (χ3n) is 6.06. The summed E-state index contributed by atoms with van der Waals surface area (Å²) in [5.41, 5.74) is 0.785. The van der Waals surface area contributed by atoms with Crippen LogP contribution in [0.15, 0.2) is 6.20 Å². The molecule has 2 heterocycles. The molecule has 0 aromatic carbocycles. The average molecular weight is 358 g/mol. The molecule has 2 aliphatic carbocycles. The van der Waals surface area contributed by atoms with Crippen LogP contribution in [0.1, 0.15) is 74.1 Å². The molecule has 0 unspecified atom stereocenters. The van der Waals surface area contributed by atoms with Crippen LogP contribution in [0.3, 0.4) is 0 Å². The predicted molar refractivity (Wildman–Crippen MR) is 98.5 cm³/mol. The fraction of sp³-hybridized carbons (Fsp3) is 0.750. The first-order valence-corrected chi connectivity index (χ1v) is 10.3. The number of hydrogen-bond donors (Lipinski definition) is 1. The van der Waals surface area contributed by atoms with Crippen LogP contribution < -0.4 is 5.32 Å². The molecule has 4 rings (SSSR count). The molecular formula is C20H30N4O2. The van der Waals surface area contributed by atoms with Crippen LogP contribution in [0.4, 0.5) is 0 Å². The molecular weight excluding hydrogens is 328 g/mol. The molecule has 0 atom stereocenters. The SMILES string of the molecule is O=C(CCC1CCCCC1)NCc1cn2c(n1)C(=O)N(CC1CC1)CC2. The number of fused-ring (bicyclic) bond motifs is 1. The number of nitrogens with zero attached hydrogens (tertiary/aromatic N) is 3. The maximum Gasteiger partial charge on any atom is 0.289 e. The van der Waals surface area contributed by atoms with Gasteiger partial charge in [0.1, 0.15) is 0 Å². The Kier molecular flexibility index (Phi) is 5.27. The van der Waals surface area contributed by atoms with Gasteiger partial charge in [-0.05, 0) is 31.1 Å². The van der Waals surface area contributed by atoms with Gasteiger partial charge in [-0.15, -0.1) is 0 Å². The van der Waals surface area contributed by atoms with Crippen LogP contribution in [0.2, 0.25) is 0 Å². The van der Waals surface area contributed by atoms with Gasteiger partial charge in [0.25, 0.3) is 5.91 Å². The number of carbonyl (C=O) groups excluding carboxylic acids is 2. The van der Waals surface area contributed by atoms with E-state index in [1.807, 2.05) is 15.7 Å². The third kappa shape index (κ3) is 4.27. The molecule has 3 aliphatic rings. The highest BCUT2D eigenvalue weighted by atomic mass is 16.2. The Labute approximate surface area is 155 Å². The Bertz CT molecular complexity index is 659. The highest BCUT2D eigenvalue weighted by Gasteiger charge is 2.31. The summed E-state index contributed by atoms with van der Waals surface area (Å²) in [5, 5.41) is 2.98. The lowest BCUT2D eigenvalue weighted by Gasteiger charge is -2.27. The van der Waals surface area contributed by atoms with Crippen LogP contribution >= 0.6 is 0 Å². The summed E-state index contributed by atoms with van der Waals surface area (Å²) in [4.78, 5) is 31.1. The lowest BCUT2D eigenvalue weighted by Crippen LogP contribution is -2.41. The van der Waals surface area contributed by atoms with E-state index in [0.717, 1.165) is 37.7 Å². The van der Waals surface area contributed by atoms with Gasteiger partial charge >= 0.3 is 0 Å². The molecule has 2 fully saturated rings. The number of hydrogen-bond acceptors (Lipinski definition) is 3. The summed E-state index contributed by atoms with van der Waals surface area (Å²) in [6.07, 6.45) is 12.6. The van der Waals surface area contributed by atoms with Crippen LogP contribution in [0, 0.1) is 11.8 Å². The number of amides is 2. The summed E-state index contributed by atoms with van der Waals surface area (Å²) in [6.45, 7) is 2.86. The largest absolute Gasteiger partial charge is 0.350 e. The van der Waals surface area contributed by atoms with Crippen molar-refractivity contribution < 1.29 is 9.59 Å². The summed E-state index contributed by atoms with van der Waals surface area (Å²) in [7, 11) is 0. The zero-order chi connectivity index (χ0) is 17.9. The third-order valence-corrected chi connectivity index (χ3v) is 6.06. The van der Waals surface area contributed by atoms with Crippen molar-refractivity contribution in [3.63, 3.8) is 0 Å². The smallest absolute Gasteiger partial charge is 0.289 e. The average Bonchev–Trinajstić information content (AvgIpc) is 3.38. The summed E-state index contributed by atoms with van der Waals surface area (Å²) >= 11 is 0. The summed E-state index contributed by atoms with van der Waals surface area (Å²) < 4.78 is 1.94. The lowest BCUT2D eigenvalue weighted by molar-refractivity contribution is -0.121. The zero-order valence-corrected chi connectivity index (χ0v) is 15.6. The van der Waals surface area contributed by atoms with Crippen LogP contribution in [-0.2, 0) is 17.9 Å². The molecule has 26 heavy (non-hydrogen) atoms. The van der Waals surface area contributed by atoms with Gasteiger partial charge in [0.05, 0.1) is 12.2 Å². The second-order valence-corrected chi connectivity index (χ2v) is 8.26. The topological polar surface area (TPSA) is 67.2 Å². The van der Waals surface area contributed by atoms with Crippen LogP contribution in [0.25, 0.3) is 0 Å². The van der Waals surface area contributed by atoms with Crippen LogP contribution in [0.5, 0.6) is 0 Å². The lowest BCUT2D eigenvalue weighted by atomic mass is 9.86. The molecule has 142 valence electrons. The Balaban J connectivity index is 1.25. The number of aromatic nitrogens is 2. The van der Waals surface area contributed by atoms with E-state index in [2.05, 4.69) is 10.3 Å². The van der Waals surface area contributed by atoms with Gasteiger partial charge < -0.3 is 14.8 Å². The van der Waals surface area contributed by atoms with Gasteiger partial charge in [-0.2, -0.15) is 0 Å². The molecule has 0 bridgehead atoms. The van der Waals surface area contributed by atoms with E-state index < -0.39 is 0 Å². The molecule has 0 radical (unpaired) electrons. The number of rotatable bonds is 7. The maximum absolute atomic E-state index is 12.6. The molecule has 1 N–H and O–H groups in total. The Morgan fingerprint density at radius 1 is 1.12 bits per heavy atom. The standard InChI is InChI=1S/C20H30N4O2/c25-18(9-8-15-4-2-1-3-5-15)21-12-17-14-23-10-11-24(13-16-6-7-16)20(26)19(23)22-17/h14-16H,1-13H2,(H,21,25). The van der Waals surface area contributed by atoms with E-state index in [-0.39, 0.29) is 11.8 Å². The summed E-state index contributed by atoms with van der Waals surface area (Å²) in [5.74, 6) is 2.09. The van der Waals surface area contributed by atoms with Crippen molar-refractivity contribution in [2.45, 2.75) is 70.9 Å². The Morgan fingerprint density at radius 3 is 2.69 bits per heavy atom. The normalized spacial score (nSPS) is 20.9. The Hall–Kier alpha value is -1.85. The van der Waals surface area contributed by atoms with E-state index in [1.165, 1.54) is 44.9 Å². The second kappa shape index (κ2) is 7.80. The molecule has 6 heteroatoms. The first kappa shape index (κ1) is 17.6. The van der Waals surface area contributed by atoms with Crippen molar-refractivity contribution >= 4 is 11.8 Å². The molecule has 0 saturated heterocycles. The van der Waals surface area contributed by atoms with Crippen molar-refractivity contribution in [3.8, 4) is 0 Å². The second-order valence-electron chi connectivity index (χ2n) is 8.26. The monoisotopic (exact) mass is 358 g/mol. The van der Waals surface area contributed by atoms with Crippen molar-refractivity contribution in [3.05, 3.63) is 17.7 Å². The minimum absolute atomic E-state index is 0.0398. The van der Waals surface area contributed by atoms with Crippen molar-refractivity contribution in [2.75, 3.05) is 13.1 Å². The maximum atomic E-state index is 12.6.